The van der Waals surface area contributed by atoms with Gasteiger partial charge in [0.15, 0.2) is 0 Å². The zero-order valence-electron chi connectivity index (χ0n) is 14.8. The largest absolute Gasteiger partial charge is 0.329 e. The quantitative estimate of drug-likeness (QED) is 0.865. The topological polar surface area (TPSA) is 32.5 Å². The van der Waals surface area contributed by atoms with Crippen LogP contribution in [0, 0.1) is 11.8 Å². The van der Waals surface area contributed by atoms with Gasteiger partial charge in [-0.1, -0.05) is 13.8 Å². The van der Waals surface area contributed by atoms with E-state index in [-0.39, 0.29) is 5.54 Å². The van der Waals surface area contributed by atoms with E-state index in [2.05, 4.69) is 37.5 Å². The number of piperidine rings is 1. The Morgan fingerprint density at radius 2 is 1.67 bits per heavy atom. The van der Waals surface area contributed by atoms with Crippen molar-refractivity contribution in [3.05, 3.63) is 0 Å². The maximum absolute atomic E-state index is 6.28. The summed E-state index contributed by atoms with van der Waals surface area (Å²) in [6, 6.07) is 0.676. The number of rotatable bonds is 4. The lowest BCUT2D eigenvalue weighted by atomic mass is 9.84. The molecule has 3 heteroatoms. The van der Waals surface area contributed by atoms with Gasteiger partial charge >= 0.3 is 0 Å². The zero-order valence-corrected chi connectivity index (χ0v) is 14.8. The van der Waals surface area contributed by atoms with Gasteiger partial charge in [0.05, 0.1) is 0 Å². The SMILES string of the molecule is CC(C)C1CCCN(C2(CN)CCN(C(C)C)CC2)CC1. The van der Waals surface area contributed by atoms with Crippen LogP contribution in [-0.4, -0.2) is 54.1 Å². The Morgan fingerprint density at radius 3 is 2.19 bits per heavy atom. The zero-order chi connectivity index (χ0) is 15.5. The summed E-state index contributed by atoms with van der Waals surface area (Å²) in [5.41, 5.74) is 6.56. The fourth-order valence-electron chi connectivity index (χ4n) is 4.37. The molecule has 0 aromatic rings. The summed E-state index contributed by atoms with van der Waals surface area (Å²) in [4.78, 5) is 5.38. The molecule has 0 radical (unpaired) electrons. The summed E-state index contributed by atoms with van der Waals surface area (Å²) in [7, 11) is 0. The number of likely N-dealkylation sites (tertiary alicyclic amines) is 2. The number of nitrogens with two attached hydrogens (primary N) is 1. The first kappa shape index (κ1) is 17.2. The molecule has 124 valence electrons. The van der Waals surface area contributed by atoms with E-state index in [0.29, 0.717) is 6.04 Å². The summed E-state index contributed by atoms with van der Waals surface area (Å²) < 4.78 is 0. The fraction of sp³-hybridized carbons (Fsp3) is 1.00. The van der Waals surface area contributed by atoms with Crippen LogP contribution in [0.2, 0.25) is 0 Å². The van der Waals surface area contributed by atoms with Crippen molar-refractivity contribution in [1.82, 2.24) is 9.80 Å². The van der Waals surface area contributed by atoms with Crippen molar-refractivity contribution in [1.29, 1.82) is 0 Å². The van der Waals surface area contributed by atoms with Crippen LogP contribution < -0.4 is 5.73 Å². The molecule has 2 saturated heterocycles. The Morgan fingerprint density at radius 1 is 1.00 bits per heavy atom. The molecular formula is C18H37N3. The molecule has 0 amide bonds. The van der Waals surface area contributed by atoms with Gasteiger partial charge in [-0.15, -0.1) is 0 Å². The van der Waals surface area contributed by atoms with Crippen LogP contribution in [0.3, 0.4) is 0 Å². The van der Waals surface area contributed by atoms with E-state index in [1.807, 2.05) is 0 Å². The second-order valence-corrected chi connectivity index (χ2v) is 7.98. The monoisotopic (exact) mass is 295 g/mol. The molecule has 0 saturated carbocycles. The molecule has 0 bridgehead atoms. The first-order valence-corrected chi connectivity index (χ1v) is 9.17. The van der Waals surface area contributed by atoms with E-state index in [1.165, 1.54) is 58.3 Å². The van der Waals surface area contributed by atoms with Crippen molar-refractivity contribution in [3.8, 4) is 0 Å². The second kappa shape index (κ2) is 7.43. The molecule has 3 nitrogen and oxygen atoms in total. The maximum Gasteiger partial charge on any atom is 0.0356 e. The van der Waals surface area contributed by atoms with Crippen molar-refractivity contribution in [2.75, 3.05) is 32.7 Å². The highest BCUT2D eigenvalue weighted by Crippen LogP contribution is 2.33. The predicted octanol–water partition coefficient (Wildman–Crippen LogP) is 2.95. The molecular weight excluding hydrogens is 258 g/mol. The van der Waals surface area contributed by atoms with Crippen molar-refractivity contribution >= 4 is 0 Å². The number of hydrogen-bond donors (Lipinski definition) is 1. The van der Waals surface area contributed by atoms with Gasteiger partial charge in [-0.05, 0) is 70.9 Å². The van der Waals surface area contributed by atoms with E-state index < -0.39 is 0 Å². The highest BCUT2D eigenvalue weighted by molar-refractivity contribution is 4.97. The third-order valence-electron chi connectivity index (χ3n) is 6.23. The third kappa shape index (κ3) is 4.00. The van der Waals surface area contributed by atoms with Crippen molar-refractivity contribution in [2.24, 2.45) is 17.6 Å². The second-order valence-electron chi connectivity index (χ2n) is 7.98. The summed E-state index contributed by atoms with van der Waals surface area (Å²) in [6.45, 7) is 15.2. The minimum absolute atomic E-state index is 0.289. The molecule has 1 unspecified atom stereocenters. The molecule has 2 rings (SSSR count). The summed E-state index contributed by atoms with van der Waals surface area (Å²) >= 11 is 0. The number of nitrogens with zero attached hydrogens (tertiary/aromatic N) is 2. The van der Waals surface area contributed by atoms with Crippen molar-refractivity contribution in [2.45, 2.75) is 71.4 Å². The normalized spacial score (nSPS) is 29.0. The van der Waals surface area contributed by atoms with Gasteiger partial charge in [-0.25, -0.2) is 0 Å². The Kier molecular flexibility index (Phi) is 6.10. The highest BCUT2D eigenvalue weighted by atomic mass is 15.2. The molecule has 2 heterocycles. The highest BCUT2D eigenvalue weighted by Gasteiger charge is 2.39. The van der Waals surface area contributed by atoms with E-state index in [0.717, 1.165) is 18.4 Å². The average Bonchev–Trinajstić information content (AvgIpc) is 2.73. The van der Waals surface area contributed by atoms with Gasteiger partial charge in [0, 0.05) is 31.2 Å². The Labute approximate surface area is 132 Å². The lowest BCUT2D eigenvalue weighted by molar-refractivity contribution is 0.0189. The Bertz CT molecular complexity index is 306. The molecule has 21 heavy (non-hydrogen) atoms. The minimum atomic E-state index is 0.289. The van der Waals surface area contributed by atoms with E-state index in [9.17, 15) is 0 Å². The predicted molar refractivity (Wildman–Crippen MR) is 91.5 cm³/mol. The fourth-order valence-corrected chi connectivity index (χ4v) is 4.37. The van der Waals surface area contributed by atoms with Crippen LogP contribution in [0.4, 0.5) is 0 Å². The Hall–Kier alpha value is -0.120. The van der Waals surface area contributed by atoms with E-state index in [4.69, 9.17) is 5.73 Å². The van der Waals surface area contributed by atoms with Crippen LogP contribution >= 0.6 is 0 Å². The third-order valence-corrected chi connectivity index (χ3v) is 6.23. The van der Waals surface area contributed by atoms with Crippen LogP contribution in [0.1, 0.15) is 59.8 Å². The molecule has 0 aliphatic carbocycles. The molecule has 1 atom stereocenters. The lowest BCUT2D eigenvalue weighted by Crippen LogP contribution is -2.60. The van der Waals surface area contributed by atoms with Crippen molar-refractivity contribution in [3.63, 3.8) is 0 Å². The summed E-state index contributed by atoms with van der Waals surface area (Å²) in [5, 5.41) is 0. The van der Waals surface area contributed by atoms with Gasteiger partial charge in [-0.2, -0.15) is 0 Å². The smallest absolute Gasteiger partial charge is 0.0356 e. The first-order valence-electron chi connectivity index (χ1n) is 9.17. The van der Waals surface area contributed by atoms with Crippen LogP contribution in [0.5, 0.6) is 0 Å². The average molecular weight is 296 g/mol. The standard InChI is InChI=1S/C18H37N3/c1-15(2)17-6-5-10-21(11-7-17)18(14-19)8-12-20(13-9-18)16(3)4/h15-17H,5-14,19H2,1-4H3. The van der Waals surface area contributed by atoms with Crippen LogP contribution in [0.25, 0.3) is 0 Å². The summed E-state index contributed by atoms with van der Waals surface area (Å²) in [5.74, 6) is 1.75. The molecule has 0 aromatic carbocycles. The summed E-state index contributed by atoms with van der Waals surface area (Å²) in [6.07, 6.45) is 6.65. The van der Waals surface area contributed by atoms with Gasteiger partial charge in [0.1, 0.15) is 0 Å². The lowest BCUT2D eigenvalue weighted by Gasteiger charge is -2.49. The molecule has 2 aliphatic rings. The van der Waals surface area contributed by atoms with E-state index >= 15 is 0 Å². The molecule has 2 aliphatic heterocycles. The van der Waals surface area contributed by atoms with Gasteiger partial charge in [0.25, 0.3) is 0 Å². The molecule has 0 aromatic heterocycles. The minimum Gasteiger partial charge on any atom is -0.329 e. The molecule has 2 N–H and O–H groups in total. The van der Waals surface area contributed by atoms with Crippen LogP contribution in [0.15, 0.2) is 0 Å². The maximum atomic E-state index is 6.28. The first-order chi connectivity index (χ1) is 9.98. The van der Waals surface area contributed by atoms with Gasteiger partial charge in [0.2, 0.25) is 0 Å². The molecule has 0 spiro atoms. The van der Waals surface area contributed by atoms with Gasteiger partial charge in [-0.3, -0.25) is 4.90 Å². The van der Waals surface area contributed by atoms with Gasteiger partial charge < -0.3 is 10.6 Å². The van der Waals surface area contributed by atoms with Crippen LogP contribution in [-0.2, 0) is 0 Å². The van der Waals surface area contributed by atoms with E-state index in [1.54, 1.807) is 0 Å². The van der Waals surface area contributed by atoms with Crippen molar-refractivity contribution < 1.29 is 0 Å². The Balaban J connectivity index is 1.98. The molecule has 2 fully saturated rings. The number of hydrogen-bond acceptors (Lipinski definition) is 3.